The van der Waals surface area contributed by atoms with Gasteiger partial charge < -0.3 is 5.32 Å². The minimum absolute atomic E-state index is 0.306. The van der Waals surface area contributed by atoms with Crippen LogP contribution < -0.4 is 10.6 Å². The number of hydrogen-bond donors (Lipinski definition) is 2. The van der Waals surface area contributed by atoms with E-state index in [9.17, 15) is 4.79 Å². The fourth-order valence-corrected chi connectivity index (χ4v) is 2.09. The molecular formula is C15H14N4O. The zero-order valence-corrected chi connectivity index (χ0v) is 11.0. The normalized spacial score (nSPS) is 10.4. The molecule has 3 rings (SSSR count). The van der Waals surface area contributed by atoms with Crippen molar-refractivity contribution in [2.75, 3.05) is 10.6 Å². The van der Waals surface area contributed by atoms with Gasteiger partial charge in [-0.15, -0.1) is 0 Å². The molecule has 1 aromatic heterocycles. The van der Waals surface area contributed by atoms with Crippen LogP contribution in [0.15, 0.2) is 54.7 Å². The molecule has 5 heteroatoms. The molecule has 2 N–H and O–H groups in total. The summed E-state index contributed by atoms with van der Waals surface area (Å²) in [6, 6.07) is 15.1. The molecule has 0 saturated heterocycles. The molecule has 0 aliphatic heterocycles. The Morgan fingerprint density at radius 2 is 1.85 bits per heavy atom. The number of nitrogens with zero attached hydrogens (tertiary/aromatic N) is 2. The fourth-order valence-electron chi connectivity index (χ4n) is 2.09. The maximum atomic E-state index is 12.0. The molecule has 0 spiro atoms. The molecule has 2 aromatic carbocycles. The molecule has 0 saturated carbocycles. The first-order valence-electron chi connectivity index (χ1n) is 6.28. The first kappa shape index (κ1) is 12.2. The van der Waals surface area contributed by atoms with Crippen LogP contribution in [0.3, 0.4) is 0 Å². The van der Waals surface area contributed by atoms with Gasteiger partial charge in [-0.05, 0) is 11.5 Å². The van der Waals surface area contributed by atoms with E-state index in [0.29, 0.717) is 5.82 Å². The van der Waals surface area contributed by atoms with E-state index in [1.165, 1.54) is 0 Å². The zero-order chi connectivity index (χ0) is 13.9. The summed E-state index contributed by atoms with van der Waals surface area (Å²) in [5.41, 5.74) is 0.775. The molecule has 0 bridgehead atoms. The number of rotatable bonds is 2. The number of hydrogen-bond acceptors (Lipinski definition) is 2. The third-order valence-corrected chi connectivity index (χ3v) is 2.99. The third-order valence-electron chi connectivity index (χ3n) is 2.99. The number of aryl methyl sites for hydroxylation is 1. The Labute approximate surface area is 116 Å². The summed E-state index contributed by atoms with van der Waals surface area (Å²) in [4.78, 5) is 12.0. The first-order valence-corrected chi connectivity index (χ1v) is 6.28. The average molecular weight is 266 g/mol. The number of aromatic nitrogens is 2. The molecule has 2 amide bonds. The number of carbonyl (C=O) groups excluding carboxylic acids is 1. The van der Waals surface area contributed by atoms with Crippen molar-refractivity contribution in [3.05, 3.63) is 54.7 Å². The Bertz CT molecular complexity index is 758. The van der Waals surface area contributed by atoms with Gasteiger partial charge in [0.2, 0.25) is 0 Å². The first-order chi connectivity index (χ1) is 9.72. The van der Waals surface area contributed by atoms with Crippen molar-refractivity contribution >= 4 is 28.3 Å². The predicted octanol–water partition coefficient (Wildman–Crippen LogP) is 3.22. The summed E-state index contributed by atoms with van der Waals surface area (Å²) in [6.45, 7) is 0. The fraction of sp³-hybridized carbons (Fsp3) is 0.0667. The van der Waals surface area contributed by atoms with Crippen molar-refractivity contribution in [3.8, 4) is 0 Å². The van der Waals surface area contributed by atoms with Crippen LogP contribution >= 0.6 is 0 Å². The smallest absolute Gasteiger partial charge is 0.307 e. The molecule has 0 unspecified atom stereocenters. The van der Waals surface area contributed by atoms with Crippen LogP contribution in [0.25, 0.3) is 10.8 Å². The van der Waals surface area contributed by atoms with Gasteiger partial charge in [0.25, 0.3) is 0 Å². The lowest BCUT2D eigenvalue weighted by Crippen LogP contribution is -2.19. The molecular weight excluding hydrogens is 252 g/mol. The zero-order valence-electron chi connectivity index (χ0n) is 11.0. The lowest BCUT2D eigenvalue weighted by atomic mass is 10.1. The van der Waals surface area contributed by atoms with E-state index in [-0.39, 0.29) is 6.03 Å². The van der Waals surface area contributed by atoms with Gasteiger partial charge in [0.15, 0.2) is 5.82 Å². The Morgan fingerprint density at radius 3 is 2.65 bits per heavy atom. The van der Waals surface area contributed by atoms with Crippen LogP contribution in [0.2, 0.25) is 0 Å². The number of amides is 2. The number of fused-ring (bicyclic) bond motifs is 1. The molecule has 0 aliphatic rings. The Balaban J connectivity index is 1.81. The average Bonchev–Trinajstić information content (AvgIpc) is 2.84. The molecule has 1 heterocycles. The van der Waals surface area contributed by atoms with Crippen LogP contribution in [0.1, 0.15) is 0 Å². The van der Waals surface area contributed by atoms with Crippen molar-refractivity contribution in [2.45, 2.75) is 0 Å². The highest BCUT2D eigenvalue weighted by molar-refractivity contribution is 6.05. The van der Waals surface area contributed by atoms with E-state index in [4.69, 9.17) is 0 Å². The molecule has 5 nitrogen and oxygen atoms in total. The quantitative estimate of drug-likeness (QED) is 0.748. The van der Waals surface area contributed by atoms with Gasteiger partial charge >= 0.3 is 6.03 Å². The molecule has 0 radical (unpaired) electrons. The molecule has 20 heavy (non-hydrogen) atoms. The van der Waals surface area contributed by atoms with Crippen molar-refractivity contribution in [1.82, 2.24) is 9.78 Å². The van der Waals surface area contributed by atoms with Gasteiger partial charge in [-0.3, -0.25) is 10.00 Å². The standard InChI is InChI=1S/C15H14N4O/c1-19-10-9-14(18-19)17-15(20)16-13-8-4-6-11-5-2-3-7-12(11)13/h2-10H,1H3,(H2,16,17,18,20). The second-order valence-electron chi connectivity index (χ2n) is 4.48. The van der Waals surface area contributed by atoms with Gasteiger partial charge in [0.05, 0.1) is 5.69 Å². The third kappa shape index (κ3) is 2.47. The number of nitrogens with one attached hydrogen (secondary N) is 2. The van der Waals surface area contributed by atoms with Crippen LogP contribution in [0.5, 0.6) is 0 Å². The molecule has 0 aliphatic carbocycles. The van der Waals surface area contributed by atoms with Gasteiger partial charge in [-0.1, -0.05) is 36.4 Å². The maximum absolute atomic E-state index is 12.0. The SMILES string of the molecule is Cn1ccc(NC(=O)Nc2cccc3ccccc23)n1. The Kier molecular flexibility index (Phi) is 3.09. The highest BCUT2D eigenvalue weighted by atomic mass is 16.2. The molecule has 3 aromatic rings. The van der Waals surface area contributed by atoms with E-state index < -0.39 is 0 Å². The summed E-state index contributed by atoms with van der Waals surface area (Å²) in [7, 11) is 1.80. The lowest BCUT2D eigenvalue weighted by molar-refractivity contribution is 0.262. The predicted molar refractivity (Wildman–Crippen MR) is 79.8 cm³/mol. The number of benzene rings is 2. The van der Waals surface area contributed by atoms with Crippen LogP contribution in [0.4, 0.5) is 16.3 Å². The maximum Gasteiger partial charge on any atom is 0.324 e. The van der Waals surface area contributed by atoms with E-state index in [2.05, 4.69) is 15.7 Å². The summed E-state index contributed by atoms with van der Waals surface area (Å²) in [6.07, 6.45) is 1.77. The number of urea groups is 1. The van der Waals surface area contributed by atoms with Gasteiger partial charge in [-0.2, -0.15) is 5.10 Å². The van der Waals surface area contributed by atoms with Crippen molar-refractivity contribution in [1.29, 1.82) is 0 Å². The van der Waals surface area contributed by atoms with Crippen LogP contribution in [-0.2, 0) is 7.05 Å². The van der Waals surface area contributed by atoms with Crippen LogP contribution in [-0.4, -0.2) is 15.8 Å². The van der Waals surface area contributed by atoms with E-state index >= 15 is 0 Å². The molecule has 0 atom stereocenters. The van der Waals surface area contributed by atoms with Gasteiger partial charge in [0.1, 0.15) is 0 Å². The summed E-state index contributed by atoms with van der Waals surface area (Å²) in [5.74, 6) is 0.519. The Morgan fingerprint density at radius 1 is 1.05 bits per heavy atom. The monoisotopic (exact) mass is 266 g/mol. The largest absolute Gasteiger partial charge is 0.324 e. The summed E-state index contributed by atoms with van der Waals surface area (Å²) >= 11 is 0. The lowest BCUT2D eigenvalue weighted by Gasteiger charge is -2.08. The second kappa shape index (κ2) is 5.05. The minimum atomic E-state index is -0.306. The number of carbonyl (C=O) groups is 1. The Hall–Kier alpha value is -2.82. The van der Waals surface area contributed by atoms with Crippen LogP contribution in [0, 0.1) is 0 Å². The topological polar surface area (TPSA) is 59.0 Å². The summed E-state index contributed by atoms with van der Waals surface area (Å²) < 4.78 is 1.63. The van der Waals surface area contributed by atoms with Crippen molar-refractivity contribution < 1.29 is 4.79 Å². The number of anilines is 2. The van der Waals surface area contributed by atoms with E-state index in [1.807, 2.05) is 42.5 Å². The van der Waals surface area contributed by atoms with Crippen molar-refractivity contribution in [2.24, 2.45) is 7.05 Å². The van der Waals surface area contributed by atoms with Gasteiger partial charge in [0, 0.05) is 24.7 Å². The second-order valence-corrected chi connectivity index (χ2v) is 4.48. The highest BCUT2D eigenvalue weighted by Crippen LogP contribution is 2.22. The molecule has 0 fully saturated rings. The van der Waals surface area contributed by atoms with E-state index in [0.717, 1.165) is 16.5 Å². The minimum Gasteiger partial charge on any atom is -0.307 e. The molecule has 100 valence electrons. The highest BCUT2D eigenvalue weighted by Gasteiger charge is 2.06. The van der Waals surface area contributed by atoms with E-state index in [1.54, 1.807) is 24.0 Å². The van der Waals surface area contributed by atoms with Crippen molar-refractivity contribution in [3.63, 3.8) is 0 Å². The van der Waals surface area contributed by atoms with Gasteiger partial charge in [-0.25, -0.2) is 4.79 Å². The summed E-state index contributed by atoms with van der Waals surface area (Å²) in [5, 5.41) is 11.7.